The Hall–Kier alpha value is -2.58. The second kappa shape index (κ2) is 8.62. The van der Waals surface area contributed by atoms with E-state index in [2.05, 4.69) is 34.5 Å². The number of nitrogens with one attached hydrogen (secondary N) is 1. The van der Waals surface area contributed by atoms with Gasteiger partial charge in [0.15, 0.2) is 0 Å². The number of rotatable bonds is 6. The van der Waals surface area contributed by atoms with Crippen molar-refractivity contribution in [2.24, 2.45) is 0 Å². The number of amides is 1. The van der Waals surface area contributed by atoms with Crippen LogP contribution < -0.4 is 4.90 Å². The summed E-state index contributed by atoms with van der Waals surface area (Å²) in [5.41, 5.74) is 2.12. The Kier molecular flexibility index (Phi) is 5.78. The molecule has 0 spiro atoms. The average Bonchev–Trinajstić information content (AvgIpc) is 3.36. The number of hydrogen-bond donors (Lipinski definition) is 1. The molecule has 8 heteroatoms. The Morgan fingerprint density at radius 1 is 1.18 bits per heavy atom. The van der Waals surface area contributed by atoms with Crippen LogP contribution in [-0.4, -0.2) is 52.9 Å². The minimum Gasteiger partial charge on any atom is -0.469 e. The highest BCUT2D eigenvalue weighted by molar-refractivity contribution is 7.99. The Morgan fingerprint density at radius 3 is 2.68 bits per heavy atom. The van der Waals surface area contributed by atoms with Gasteiger partial charge in [0.25, 0.3) is 11.1 Å². The first-order valence-corrected chi connectivity index (χ1v) is 10.3. The molecule has 0 bridgehead atoms. The van der Waals surface area contributed by atoms with Gasteiger partial charge in [-0.15, -0.1) is 10.2 Å². The van der Waals surface area contributed by atoms with E-state index in [4.69, 9.17) is 8.83 Å². The second-order valence-electron chi connectivity index (χ2n) is 6.85. The lowest BCUT2D eigenvalue weighted by Gasteiger charge is -2.32. The zero-order chi connectivity index (χ0) is 19.3. The lowest BCUT2D eigenvalue weighted by Crippen LogP contribution is -3.13. The van der Waals surface area contributed by atoms with Gasteiger partial charge in [-0.2, -0.15) is 0 Å². The molecule has 7 nitrogen and oxygen atoms in total. The SMILES string of the molecule is Cc1occc1-c1nnc(SCC(=O)N2CC[NH+](Cc3ccccc3)CC2)o1. The van der Waals surface area contributed by atoms with E-state index in [0.717, 1.165) is 44.0 Å². The molecular formula is C20H23N4O3S+. The molecule has 1 amide bonds. The van der Waals surface area contributed by atoms with Gasteiger partial charge in [0, 0.05) is 5.56 Å². The lowest BCUT2D eigenvalue weighted by atomic mass is 10.2. The van der Waals surface area contributed by atoms with Crippen molar-refractivity contribution in [3.63, 3.8) is 0 Å². The zero-order valence-corrected chi connectivity index (χ0v) is 16.6. The van der Waals surface area contributed by atoms with Crippen LogP contribution in [0.25, 0.3) is 11.5 Å². The van der Waals surface area contributed by atoms with Crippen LogP contribution in [0.4, 0.5) is 0 Å². The zero-order valence-electron chi connectivity index (χ0n) is 15.8. The number of quaternary nitrogens is 1. The first-order chi connectivity index (χ1) is 13.7. The quantitative estimate of drug-likeness (QED) is 0.636. The highest BCUT2D eigenvalue weighted by Gasteiger charge is 2.24. The summed E-state index contributed by atoms with van der Waals surface area (Å²) in [4.78, 5) is 16.0. The summed E-state index contributed by atoms with van der Waals surface area (Å²) in [5, 5.41) is 8.45. The first-order valence-electron chi connectivity index (χ1n) is 9.35. The van der Waals surface area contributed by atoms with Crippen molar-refractivity contribution in [1.82, 2.24) is 15.1 Å². The fourth-order valence-corrected chi connectivity index (χ4v) is 4.00. The lowest BCUT2D eigenvalue weighted by molar-refractivity contribution is -0.917. The molecule has 1 aliphatic rings. The second-order valence-corrected chi connectivity index (χ2v) is 7.77. The van der Waals surface area contributed by atoms with Crippen molar-refractivity contribution in [2.45, 2.75) is 18.7 Å². The number of carbonyl (C=O) groups excluding carboxylic acids is 1. The van der Waals surface area contributed by atoms with Crippen LogP contribution in [0.5, 0.6) is 0 Å². The Bertz CT molecular complexity index is 916. The molecule has 4 rings (SSSR count). The number of thioether (sulfide) groups is 1. The molecule has 1 N–H and O–H groups in total. The number of piperazine rings is 1. The summed E-state index contributed by atoms with van der Waals surface area (Å²) in [6.45, 7) is 6.35. The Balaban J connectivity index is 1.24. The van der Waals surface area contributed by atoms with Crippen molar-refractivity contribution < 1.29 is 18.5 Å². The molecule has 0 radical (unpaired) electrons. The third-order valence-corrected chi connectivity index (χ3v) is 5.74. The molecule has 0 saturated carbocycles. The predicted octanol–water partition coefficient (Wildman–Crippen LogP) is 1.66. The third-order valence-electron chi connectivity index (χ3n) is 4.94. The molecule has 1 fully saturated rings. The molecular weight excluding hydrogens is 376 g/mol. The van der Waals surface area contributed by atoms with Gasteiger partial charge < -0.3 is 18.6 Å². The summed E-state index contributed by atoms with van der Waals surface area (Å²) < 4.78 is 10.9. The maximum absolute atomic E-state index is 12.5. The van der Waals surface area contributed by atoms with E-state index in [1.165, 1.54) is 22.2 Å². The van der Waals surface area contributed by atoms with Gasteiger partial charge in [-0.3, -0.25) is 4.79 Å². The van der Waals surface area contributed by atoms with Gasteiger partial charge in [-0.05, 0) is 13.0 Å². The van der Waals surface area contributed by atoms with Crippen molar-refractivity contribution in [2.75, 3.05) is 31.9 Å². The minimum absolute atomic E-state index is 0.114. The molecule has 3 heterocycles. The standard InChI is InChI=1S/C20H22N4O3S/c1-15-17(7-12-26-15)19-21-22-20(27-19)28-14-18(25)24-10-8-23(9-11-24)13-16-5-3-2-4-6-16/h2-7,12H,8-11,13-14H2,1H3/p+1. The monoisotopic (exact) mass is 399 g/mol. The number of nitrogens with zero attached hydrogens (tertiary/aromatic N) is 3. The highest BCUT2D eigenvalue weighted by atomic mass is 32.2. The van der Waals surface area contributed by atoms with E-state index in [0.29, 0.717) is 16.9 Å². The molecule has 2 aromatic heterocycles. The molecule has 0 aliphatic carbocycles. The molecule has 28 heavy (non-hydrogen) atoms. The van der Waals surface area contributed by atoms with Crippen molar-refractivity contribution in [3.05, 3.63) is 54.0 Å². The predicted molar refractivity (Wildman–Crippen MR) is 105 cm³/mol. The summed E-state index contributed by atoms with van der Waals surface area (Å²) in [7, 11) is 0. The fraction of sp³-hybridized carbons (Fsp3) is 0.350. The fourth-order valence-electron chi connectivity index (χ4n) is 3.33. The molecule has 146 valence electrons. The van der Waals surface area contributed by atoms with Gasteiger partial charge in [-0.1, -0.05) is 42.1 Å². The summed E-state index contributed by atoms with van der Waals surface area (Å²) >= 11 is 1.28. The van der Waals surface area contributed by atoms with Gasteiger partial charge >= 0.3 is 0 Å². The summed E-state index contributed by atoms with van der Waals surface area (Å²) in [6.07, 6.45) is 1.59. The van der Waals surface area contributed by atoms with Crippen molar-refractivity contribution >= 4 is 17.7 Å². The highest BCUT2D eigenvalue weighted by Crippen LogP contribution is 2.26. The Morgan fingerprint density at radius 2 is 1.96 bits per heavy atom. The molecule has 3 aromatic rings. The number of benzene rings is 1. The van der Waals surface area contributed by atoms with Crippen LogP contribution in [0.3, 0.4) is 0 Å². The number of aromatic nitrogens is 2. The first kappa shape index (κ1) is 18.8. The van der Waals surface area contributed by atoms with E-state index >= 15 is 0 Å². The number of furan rings is 1. The van der Waals surface area contributed by atoms with Gasteiger partial charge in [0.05, 0.1) is 43.8 Å². The number of hydrogen-bond acceptors (Lipinski definition) is 6. The molecule has 0 unspecified atom stereocenters. The van der Waals surface area contributed by atoms with E-state index in [1.54, 1.807) is 12.3 Å². The molecule has 1 aromatic carbocycles. The molecule has 1 saturated heterocycles. The van der Waals surface area contributed by atoms with E-state index in [-0.39, 0.29) is 5.91 Å². The van der Waals surface area contributed by atoms with Crippen molar-refractivity contribution in [1.29, 1.82) is 0 Å². The van der Waals surface area contributed by atoms with Crippen LogP contribution in [0.15, 0.2) is 56.7 Å². The largest absolute Gasteiger partial charge is 0.469 e. The molecule has 1 aliphatic heterocycles. The topological polar surface area (TPSA) is 76.8 Å². The maximum atomic E-state index is 12.5. The van der Waals surface area contributed by atoms with Crippen LogP contribution in [0.1, 0.15) is 11.3 Å². The van der Waals surface area contributed by atoms with E-state index < -0.39 is 0 Å². The van der Waals surface area contributed by atoms with Crippen LogP contribution in [0.2, 0.25) is 0 Å². The van der Waals surface area contributed by atoms with Gasteiger partial charge in [0.2, 0.25) is 5.91 Å². The molecule has 0 atom stereocenters. The average molecular weight is 399 g/mol. The Labute approximate surface area is 167 Å². The third kappa shape index (κ3) is 4.45. The van der Waals surface area contributed by atoms with Gasteiger partial charge in [0.1, 0.15) is 12.3 Å². The van der Waals surface area contributed by atoms with Crippen LogP contribution >= 0.6 is 11.8 Å². The normalized spacial score (nSPS) is 15.1. The van der Waals surface area contributed by atoms with Crippen LogP contribution in [-0.2, 0) is 11.3 Å². The maximum Gasteiger partial charge on any atom is 0.277 e. The van der Waals surface area contributed by atoms with Crippen molar-refractivity contribution in [3.8, 4) is 11.5 Å². The van der Waals surface area contributed by atoms with Gasteiger partial charge in [-0.25, -0.2) is 0 Å². The van der Waals surface area contributed by atoms with Crippen LogP contribution in [0, 0.1) is 6.92 Å². The van der Waals surface area contributed by atoms with E-state index in [9.17, 15) is 4.79 Å². The smallest absolute Gasteiger partial charge is 0.277 e. The summed E-state index contributed by atoms with van der Waals surface area (Å²) in [5.74, 6) is 1.56. The minimum atomic E-state index is 0.114. The summed E-state index contributed by atoms with van der Waals surface area (Å²) in [6, 6.07) is 12.3. The number of aryl methyl sites for hydroxylation is 1. The number of carbonyl (C=O) groups is 1. The van der Waals surface area contributed by atoms with E-state index in [1.807, 2.05) is 17.9 Å².